The summed E-state index contributed by atoms with van der Waals surface area (Å²) in [6.45, 7) is 4.10. The summed E-state index contributed by atoms with van der Waals surface area (Å²) in [5.41, 5.74) is 2.25. The predicted molar refractivity (Wildman–Crippen MR) is 76.9 cm³/mol. The number of nitro benzene ring substituents is 1. The lowest BCUT2D eigenvalue weighted by atomic mass is 10.1. The molecule has 0 spiro atoms. The van der Waals surface area contributed by atoms with Gasteiger partial charge in [-0.1, -0.05) is 11.6 Å². The lowest BCUT2D eigenvalue weighted by Crippen LogP contribution is -2.05. The molecule has 104 valence electrons. The first-order valence-electron chi connectivity index (χ1n) is 5.94. The molecule has 0 fully saturated rings. The number of hydrogen-bond acceptors (Lipinski definition) is 5. The molecule has 1 N–H and O–H groups in total. The van der Waals surface area contributed by atoms with Gasteiger partial charge in [-0.2, -0.15) is 0 Å². The average Bonchev–Trinajstić information content (AvgIpc) is 2.39. The molecule has 0 saturated carbocycles. The van der Waals surface area contributed by atoms with E-state index < -0.39 is 4.92 Å². The average molecular weight is 293 g/mol. The highest BCUT2D eigenvalue weighted by molar-refractivity contribution is 6.33. The Kier molecular flexibility index (Phi) is 4.14. The van der Waals surface area contributed by atoms with Crippen LogP contribution < -0.4 is 5.32 Å². The predicted octanol–water partition coefficient (Wildman–Crippen LogP) is 3.27. The van der Waals surface area contributed by atoms with Gasteiger partial charge in [-0.15, -0.1) is 0 Å². The van der Waals surface area contributed by atoms with Crippen LogP contribution in [0.15, 0.2) is 24.4 Å². The van der Waals surface area contributed by atoms with E-state index in [1.807, 2.05) is 13.0 Å². The van der Waals surface area contributed by atoms with Crippen LogP contribution in [0.1, 0.15) is 17.1 Å². The van der Waals surface area contributed by atoms with Gasteiger partial charge < -0.3 is 5.32 Å². The third kappa shape index (κ3) is 3.21. The number of anilines is 1. The third-order valence-corrected chi connectivity index (χ3v) is 3.09. The van der Waals surface area contributed by atoms with Gasteiger partial charge in [-0.3, -0.25) is 10.1 Å². The Balaban J connectivity index is 2.18. The van der Waals surface area contributed by atoms with Crippen molar-refractivity contribution < 1.29 is 4.92 Å². The zero-order chi connectivity index (χ0) is 14.7. The van der Waals surface area contributed by atoms with Gasteiger partial charge in [0.25, 0.3) is 5.69 Å². The number of aromatic nitrogens is 2. The van der Waals surface area contributed by atoms with Crippen molar-refractivity contribution in [2.75, 3.05) is 5.32 Å². The van der Waals surface area contributed by atoms with Gasteiger partial charge in [0.2, 0.25) is 0 Å². The van der Waals surface area contributed by atoms with E-state index in [1.54, 1.807) is 19.2 Å². The minimum atomic E-state index is -0.493. The van der Waals surface area contributed by atoms with Crippen molar-refractivity contribution in [3.05, 3.63) is 56.6 Å². The molecule has 0 aliphatic heterocycles. The maximum Gasteiger partial charge on any atom is 0.288 e. The van der Waals surface area contributed by atoms with Crippen molar-refractivity contribution in [1.82, 2.24) is 9.97 Å². The fourth-order valence-electron chi connectivity index (χ4n) is 1.79. The lowest BCUT2D eigenvalue weighted by Gasteiger charge is -2.10. The Morgan fingerprint density at radius 3 is 2.80 bits per heavy atom. The second kappa shape index (κ2) is 5.83. The molecule has 0 unspecified atom stereocenters. The molecule has 1 heterocycles. The first kappa shape index (κ1) is 14.2. The molecule has 2 aromatic rings. The molecule has 7 heteroatoms. The van der Waals surface area contributed by atoms with Crippen LogP contribution in [0.25, 0.3) is 0 Å². The van der Waals surface area contributed by atoms with Crippen molar-refractivity contribution in [2.24, 2.45) is 0 Å². The monoisotopic (exact) mass is 292 g/mol. The van der Waals surface area contributed by atoms with Crippen molar-refractivity contribution >= 4 is 23.0 Å². The molecule has 0 saturated heterocycles. The number of benzene rings is 1. The number of hydrogen-bond donors (Lipinski definition) is 1. The Bertz CT molecular complexity index is 661. The van der Waals surface area contributed by atoms with Crippen molar-refractivity contribution in [1.29, 1.82) is 0 Å². The molecule has 0 amide bonds. The topological polar surface area (TPSA) is 81.0 Å². The van der Waals surface area contributed by atoms with E-state index >= 15 is 0 Å². The molecule has 0 radical (unpaired) electrons. The number of aryl methyl sites for hydroxylation is 2. The number of nitrogens with one attached hydrogen (secondary N) is 1. The van der Waals surface area contributed by atoms with E-state index in [-0.39, 0.29) is 10.7 Å². The highest BCUT2D eigenvalue weighted by Crippen LogP contribution is 2.30. The molecule has 20 heavy (non-hydrogen) atoms. The summed E-state index contributed by atoms with van der Waals surface area (Å²) in [6.07, 6.45) is 1.69. The van der Waals surface area contributed by atoms with E-state index in [0.29, 0.717) is 12.4 Å². The normalized spacial score (nSPS) is 10.3. The summed E-state index contributed by atoms with van der Waals surface area (Å²) in [6, 6.07) is 4.82. The quantitative estimate of drug-likeness (QED) is 0.691. The van der Waals surface area contributed by atoms with Crippen LogP contribution in [-0.4, -0.2) is 14.9 Å². The van der Waals surface area contributed by atoms with Crippen molar-refractivity contribution in [2.45, 2.75) is 20.4 Å². The van der Waals surface area contributed by atoms with E-state index in [4.69, 9.17) is 11.6 Å². The van der Waals surface area contributed by atoms with Gasteiger partial charge in [-0.05, 0) is 31.5 Å². The van der Waals surface area contributed by atoms with Crippen molar-refractivity contribution in [3.8, 4) is 0 Å². The van der Waals surface area contributed by atoms with Crippen LogP contribution in [0.3, 0.4) is 0 Å². The maximum absolute atomic E-state index is 10.8. The standard InChI is InChI=1S/C13H13ClN4O2/c1-8-5-13(18(19)20)11(14)6-12(8)16-7-10-3-4-15-9(2)17-10/h3-6,16H,7H2,1-2H3. The Labute approximate surface area is 121 Å². The van der Waals surface area contributed by atoms with E-state index in [9.17, 15) is 10.1 Å². The molecular formula is C13H13ClN4O2. The molecular weight excluding hydrogens is 280 g/mol. The molecule has 1 aromatic heterocycles. The zero-order valence-corrected chi connectivity index (χ0v) is 11.8. The fraction of sp³-hybridized carbons (Fsp3) is 0.231. The minimum Gasteiger partial charge on any atom is -0.379 e. The van der Waals surface area contributed by atoms with Crippen molar-refractivity contribution in [3.63, 3.8) is 0 Å². The minimum absolute atomic E-state index is 0.0902. The Morgan fingerprint density at radius 2 is 2.15 bits per heavy atom. The molecule has 1 aromatic carbocycles. The fourth-order valence-corrected chi connectivity index (χ4v) is 2.02. The van der Waals surface area contributed by atoms with Crippen LogP contribution >= 0.6 is 11.6 Å². The SMILES string of the molecule is Cc1nccc(CNc2cc(Cl)c([N+](=O)[O-])cc2C)n1. The molecule has 0 aliphatic carbocycles. The summed E-state index contributed by atoms with van der Waals surface area (Å²) >= 11 is 5.90. The van der Waals surface area contributed by atoms with Crippen LogP contribution in [-0.2, 0) is 6.54 Å². The molecule has 0 aliphatic rings. The van der Waals surface area contributed by atoms with Crippen LogP contribution in [0.2, 0.25) is 5.02 Å². The highest BCUT2D eigenvalue weighted by atomic mass is 35.5. The largest absolute Gasteiger partial charge is 0.379 e. The summed E-state index contributed by atoms with van der Waals surface area (Å²) in [4.78, 5) is 18.6. The molecule has 0 atom stereocenters. The number of nitro groups is 1. The van der Waals surface area contributed by atoms with Gasteiger partial charge in [0.15, 0.2) is 0 Å². The van der Waals surface area contributed by atoms with Crippen LogP contribution in [0.5, 0.6) is 0 Å². The Hall–Kier alpha value is -2.21. The smallest absolute Gasteiger partial charge is 0.288 e. The van der Waals surface area contributed by atoms with Gasteiger partial charge >= 0.3 is 0 Å². The molecule has 6 nitrogen and oxygen atoms in total. The highest BCUT2D eigenvalue weighted by Gasteiger charge is 2.14. The van der Waals surface area contributed by atoms with E-state index in [2.05, 4.69) is 15.3 Å². The van der Waals surface area contributed by atoms with Crippen LogP contribution in [0.4, 0.5) is 11.4 Å². The summed E-state index contributed by atoms with van der Waals surface area (Å²) in [5, 5.41) is 14.1. The van der Waals surface area contributed by atoms with Gasteiger partial charge in [0.1, 0.15) is 10.8 Å². The van der Waals surface area contributed by atoms with Gasteiger partial charge in [0, 0.05) is 18.0 Å². The van der Waals surface area contributed by atoms with Gasteiger partial charge in [-0.25, -0.2) is 9.97 Å². The molecule has 0 bridgehead atoms. The maximum atomic E-state index is 10.8. The number of halogens is 1. The second-order valence-electron chi connectivity index (χ2n) is 4.32. The third-order valence-electron chi connectivity index (χ3n) is 2.78. The lowest BCUT2D eigenvalue weighted by molar-refractivity contribution is -0.384. The number of rotatable bonds is 4. The summed E-state index contributed by atoms with van der Waals surface area (Å²) in [7, 11) is 0. The zero-order valence-electron chi connectivity index (χ0n) is 11.1. The second-order valence-corrected chi connectivity index (χ2v) is 4.73. The van der Waals surface area contributed by atoms with Crippen LogP contribution in [0, 0.1) is 24.0 Å². The van der Waals surface area contributed by atoms with Gasteiger partial charge in [0.05, 0.1) is 17.2 Å². The first-order chi connectivity index (χ1) is 9.47. The summed E-state index contributed by atoms with van der Waals surface area (Å²) in [5.74, 6) is 0.697. The van der Waals surface area contributed by atoms with E-state index in [1.165, 1.54) is 6.07 Å². The number of nitrogens with zero attached hydrogens (tertiary/aromatic N) is 3. The Morgan fingerprint density at radius 1 is 1.40 bits per heavy atom. The molecule has 2 rings (SSSR count). The summed E-state index contributed by atoms with van der Waals surface area (Å²) < 4.78 is 0. The first-order valence-corrected chi connectivity index (χ1v) is 6.32. The van der Waals surface area contributed by atoms with E-state index in [0.717, 1.165) is 16.9 Å².